The van der Waals surface area contributed by atoms with Gasteiger partial charge in [-0.15, -0.1) is 0 Å². The van der Waals surface area contributed by atoms with Crippen molar-refractivity contribution in [2.75, 3.05) is 0 Å². The second kappa shape index (κ2) is 9.76. The molecule has 3 aliphatic rings. The molecule has 2 aromatic heterocycles. The van der Waals surface area contributed by atoms with Crippen LogP contribution in [0.4, 0.5) is 0 Å². The zero-order chi connectivity index (χ0) is 31.3. The summed E-state index contributed by atoms with van der Waals surface area (Å²) >= 11 is 0. The number of hydrogen-bond donors (Lipinski definition) is 0. The number of benzene rings is 5. The molecule has 0 saturated carbocycles. The van der Waals surface area contributed by atoms with Crippen LogP contribution in [0.1, 0.15) is 49.3 Å². The molecule has 4 nitrogen and oxygen atoms in total. The van der Waals surface area contributed by atoms with E-state index in [2.05, 4.69) is 146 Å². The van der Waals surface area contributed by atoms with Crippen LogP contribution in [0, 0.1) is 0 Å². The molecule has 10 rings (SSSR count). The fourth-order valence-electron chi connectivity index (χ4n) is 8.49. The Balaban J connectivity index is 1.31. The molecule has 0 amide bonds. The second-order valence-corrected chi connectivity index (χ2v) is 13.6. The molecular formula is C43H33N3O. The molecule has 0 radical (unpaired) electrons. The summed E-state index contributed by atoms with van der Waals surface area (Å²) in [6.45, 7) is 4.74. The Kier molecular flexibility index (Phi) is 5.55. The predicted molar refractivity (Wildman–Crippen MR) is 190 cm³/mol. The van der Waals surface area contributed by atoms with E-state index in [4.69, 9.17) is 14.7 Å². The van der Waals surface area contributed by atoms with E-state index in [0.717, 1.165) is 51.8 Å². The van der Waals surface area contributed by atoms with E-state index < -0.39 is 0 Å². The van der Waals surface area contributed by atoms with Gasteiger partial charge in [0.2, 0.25) is 5.95 Å². The van der Waals surface area contributed by atoms with E-state index in [1.54, 1.807) is 0 Å². The van der Waals surface area contributed by atoms with E-state index in [1.807, 2.05) is 0 Å². The van der Waals surface area contributed by atoms with Crippen LogP contribution in [0.15, 0.2) is 127 Å². The maximum atomic E-state index is 6.63. The number of hydrogen-bond acceptors (Lipinski definition) is 3. The fourth-order valence-corrected chi connectivity index (χ4v) is 8.49. The highest BCUT2D eigenvalue weighted by Gasteiger charge is 2.45. The Morgan fingerprint density at radius 1 is 0.766 bits per heavy atom. The molecule has 0 spiro atoms. The monoisotopic (exact) mass is 607 g/mol. The van der Waals surface area contributed by atoms with Crippen molar-refractivity contribution in [1.82, 2.24) is 14.5 Å². The van der Waals surface area contributed by atoms with Gasteiger partial charge in [0.05, 0.1) is 22.4 Å². The standard InChI is InChI=1S/C43H33N3O/c1-43(2)32-19-11-9-17-29(32)41-39(43)38-34(23-24-36-37(38)30-18-10-12-20-35(30)47-36)46(41)42-44-33-22-21-28(26-13-5-3-6-14-26)25-31(33)40(45-42)27-15-7-4-8-16-27/h3-11,13-19,21-25,30,35H,12,20H2,1-2H3. The first-order valence-corrected chi connectivity index (χ1v) is 16.7. The normalized spacial score (nSPS) is 18.5. The van der Waals surface area contributed by atoms with Gasteiger partial charge < -0.3 is 4.74 Å². The number of rotatable bonds is 3. The van der Waals surface area contributed by atoms with Crippen molar-refractivity contribution in [2.24, 2.45) is 0 Å². The first-order valence-electron chi connectivity index (χ1n) is 16.7. The van der Waals surface area contributed by atoms with Gasteiger partial charge >= 0.3 is 0 Å². The van der Waals surface area contributed by atoms with Crippen molar-refractivity contribution in [3.8, 4) is 45.3 Å². The smallest absolute Gasteiger partial charge is 0.235 e. The van der Waals surface area contributed by atoms with Gasteiger partial charge in [0.15, 0.2) is 0 Å². The molecule has 1 aliphatic heterocycles. The SMILES string of the molecule is CC1(C)c2ccccc2-c2c1c1c3c(ccc1n2-c1nc(-c2ccccc2)c2cc(-c4ccccc4)ccc2n1)OC1CCC=CC31. The molecule has 226 valence electrons. The van der Waals surface area contributed by atoms with Crippen LogP contribution >= 0.6 is 0 Å². The molecular weight excluding hydrogens is 574 g/mol. The van der Waals surface area contributed by atoms with Crippen LogP contribution < -0.4 is 4.74 Å². The minimum Gasteiger partial charge on any atom is -0.489 e. The largest absolute Gasteiger partial charge is 0.489 e. The summed E-state index contributed by atoms with van der Waals surface area (Å²) in [4.78, 5) is 10.8. The Bertz CT molecular complexity index is 2420. The van der Waals surface area contributed by atoms with E-state index >= 15 is 0 Å². The molecule has 5 aromatic carbocycles. The van der Waals surface area contributed by atoms with Gasteiger partial charge in [0, 0.05) is 38.8 Å². The number of ether oxygens (including phenoxy) is 1. The number of nitrogens with zero attached hydrogens (tertiary/aromatic N) is 3. The van der Waals surface area contributed by atoms with Crippen molar-refractivity contribution in [3.05, 3.63) is 144 Å². The molecule has 3 heterocycles. The summed E-state index contributed by atoms with van der Waals surface area (Å²) in [5.41, 5.74) is 12.6. The number of allylic oxidation sites excluding steroid dienone is 1. The molecule has 7 aromatic rings. The summed E-state index contributed by atoms with van der Waals surface area (Å²) in [7, 11) is 0. The van der Waals surface area contributed by atoms with Gasteiger partial charge in [-0.1, -0.05) is 117 Å². The summed E-state index contributed by atoms with van der Waals surface area (Å²) in [6.07, 6.45) is 7.00. The molecule has 47 heavy (non-hydrogen) atoms. The lowest BCUT2D eigenvalue weighted by Gasteiger charge is -2.23. The Morgan fingerprint density at radius 3 is 2.36 bits per heavy atom. The van der Waals surface area contributed by atoms with E-state index in [-0.39, 0.29) is 17.4 Å². The topological polar surface area (TPSA) is 39.9 Å². The average Bonchev–Trinajstić information content (AvgIpc) is 3.75. The zero-order valence-electron chi connectivity index (χ0n) is 26.4. The highest BCUT2D eigenvalue weighted by Crippen LogP contribution is 2.57. The molecule has 4 heteroatoms. The summed E-state index contributed by atoms with van der Waals surface area (Å²) in [5.74, 6) is 1.96. The van der Waals surface area contributed by atoms with Crippen LogP contribution in [-0.4, -0.2) is 20.6 Å². The van der Waals surface area contributed by atoms with Gasteiger partial charge in [0.25, 0.3) is 0 Å². The molecule has 0 bridgehead atoms. The first kappa shape index (κ1) is 26.7. The van der Waals surface area contributed by atoms with Crippen LogP contribution in [0.3, 0.4) is 0 Å². The maximum Gasteiger partial charge on any atom is 0.235 e. The molecule has 0 saturated heterocycles. The van der Waals surface area contributed by atoms with Crippen molar-refractivity contribution in [2.45, 2.75) is 44.1 Å². The highest BCUT2D eigenvalue weighted by atomic mass is 16.5. The molecule has 0 N–H and O–H groups in total. The van der Waals surface area contributed by atoms with E-state index in [9.17, 15) is 0 Å². The summed E-state index contributed by atoms with van der Waals surface area (Å²) in [6, 6.07) is 40.9. The maximum absolute atomic E-state index is 6.63. The van der Waals surface area contributed by atoms with Crippen molar-refractivity contribution < 1.29 is 4.74 Å². The zero-order valence-corrected chi connectivity index (χ0v) is 26.4. The Labute approximate surface area is 274 Å². The van der Waals surface area contributed by atoms with Crippen LogP contribution in [0.2, 0.25) is 0 Å². The third-order valence-corrected chi connectivity index (χ3v) is 10.6. The van der Waals surface area contributed by atoms with Crippen LogP contribution in [0.25, 0.3) is 61.4 Å². The lowest BCUT2D eigenvalue weighted by Crippen LogP contribution is -2.20. The third kappa shape index (κ3) is 3.76. The van der Waals surface area contributed by atoms with Gasteiger partial charge in [-0.25, -0.2) is 9.97 Å². The lowest BCUT2D eigenvalue weighted by molar-refractivity contribution is 0.204. The predicted octanol–water partition coefficient (Wildman–Crippen LogP) is 10.4. The summed E-state index contributed by atoms with van der Waals surface area (Å²) in [5, 5.41) is 2.33. The van der Waals surface area contributed by atoms with Gasteiger partial charge in [0.1, 0.15) is 11.9 Å². The van der Waals surface area contributed by atoms with Crippen LogP contribution in [0.5, 0.6) is 5.75 Å². The highest BCUT2D eigenvalue weighted by molar-refractivity contribution is 6.03. The van der Waals surface area contributed by atoms with Crippen molar-refractivity contribution >= 4 is 21.8 Å². The minimum absolute atomic E-state index is 0.187. The Morgan fingerprint density at radius 2 is 1.53 bits per heavy atom. The number of fused-ring (bicyclic) bond motifs is 10. The average molecular weight is 608 g/mol. The molecule has 2 atom stereocenters. The van der Waals surface area contributed by atoms with E-state index in [0.29, 0.717) is 5.95 Å². The van der Waals surface area contributed by atoms with Crippen LogP contribution in [-0.2, 0) is 5.41 Å². The second-order valence-electron chi connectivity index (χ2n) is 13.6. The molecule has 2 unspecified atom stereocenters. The lowest BCUT2D eigenvalue weighted by atomic mass is 9.78. The number of aromatic nitrogens is 3. The Hall–Kier alpha value is -5.48. The quantitative estimate of drug-likeness (QED) is 0.188. The van der Waals surface area contributed by atoms with Gasteiger partial charge in [-0.05, 0) is 59.4 Å². The molecule has 2 aliphatic carbocycles. The van der Waals surface area contributed by atoms with Crippen molar-refractivity contribution in [1.29, 1.82) is 0 Å². The van der Waals surface area contributed by atoms with Gasteiger partial charge in [-0.2, -0.15) is 0 Å². The van der Waals surface area contributed by atoms with Crippen molar-refractivity contribution in [3.63, 3.8) is 0 Å². The first-order chi connectivity index (χ1) is 23.1. The molecule has 0 fully saturated rings. The van der Waals surface area contributed by atoms with E-state index in [1.165, 1.54) is 38.9 Å². The minimum atomic E-state index is -0.204. The fraction of sp³-hybridized carbons (Fsp3) is 0.163. The summed E-state index contributed by atoms with van der Waals surface area (Å²) < 4.78 is 8.97. The van der Waals surface area contributed by atoms with Gasteiger partial charge in [-0.3, -0.25) is 4.57 Å². The third-order valence-electron chi connectivity index (χ3n) is 10.6.